The van der Waals surface area contributed by atoms with Crippen LogP contribution in [0.2, 0.25) is 0 Å². The van der Waals surface area contributed by atoms with E-state index in [4.69, 9.17) is 4.74 Å². The zero-order valence-electron chi connectivity index (χ0n) is 12.9. The predicted molar refractivity (Wildman–Crippen MR) is 82.1 cm³/mol. The molecule has 112 valence electrons. The fraction of sp³-hybridized carbons (Fsp3) is 0.562. The Morgan fingerprint density at radius 2 is 1.75 bits per heavy atom. The van der Waals surface area contributed by atoms with Gasteiger partial charge in [0.05, 0.1) is 12.6 Å². The van der Waals surface area contributed by atoms with Crippen LogP contribution in [-0.2, 0) is 0 Å². The van der Waals surface area contributed by atoms with Gasteiger partial charge in [0.2, 0.25) is 0 Å². The molecule has 1 aromatic carbocycles. The molecule has 0 aromatic heterocycles. The maximum Gasteiger partial charge on any atom is 0.315 e. The molecule has 1 aromatic rings. The molecule has 0 aliphatic carbocycles. The van der Waals surface area contributed by atoms with Gasteiger partial charge < -0.3 is 15.4 Å². The summed E-state index contributed by atoms with van der Waals surface area (Å²) in [5.74, 6) is 0.857. The van der Waals surface area contributed by atoms with Crippen LogP contribution in [0.4, 0.5) is 4.79 Å². The van der Waals surface area contributed by atoms with Gasteiger partial charge in [-0.3, -0.25) is 0 Å². The summed E-state index contributed by atoms with van der Waals surface area (Å²) in [6.45, 7) is 8.73. The van der Waals surface area contributed by atoms with Crippen LogP contribution in [0.5, 0.6) is 5.75 Å². The molecule has 4 nitrogen and oxygen atoms in total. The number of carbonyl (C=O) groups is 1. The van der Waals surface area contributed by atoms with Crippen molar-refractivity contribution in [2.24, 2.45) is 0 Å². The smallest absolute Gasteiger partial charge is 0.315 e. The van der Waals surface area contributed by atoms with Crippen molar-refractivity contribution in [2.45, 2.75) is 52.6 Å². The Morgan fingerprint density at radius 3 is 2.25 bits per heavy atom. The Labute approximate surface area is 121 Å². The van der Waals surface area contributed by atoms with Gasteiger partial charge >= 0.3 is 6.03 Å². The number of nitrogens with one attached hydrogen (secondary N) is 2. The Bertz CT molecular complexity index is 403. The molecule has 0 aliphatic rings. The quantitative estimate of drug-likeness (QED) is 0.800. The van der Waals surface area contributed by atoms with E-state index in [9.17, 15) is 4.79 Å². The van der Waals surface area contributed by atoms with E-state index in [1.54, 1.807) is 0 Å². The Hall–Kier alpha value is -1.71. The first-order valence-corrected chi connectivity index (χ1v) is 7.40. The number of carbonyl (C=O) groups excluding carboxylic acids is 1. The summed E-state index contributed by atoms with van der Waals surface area (Å²) in [6.07, 6.45) is 1.77. The summed E-state index contributed by atoms with van der Waals surface area (Å²) in [5, 5.41) is 5.93. The van der Waals surface area contributed by atoms with Crippen molar-refractivity contribution in [3.8, 4) is 5.75 Å². The van der Waals surface area contributed by atoms with Crippen LogP contribution in [0.1, 0.15) is 52.1 Å². The van der Waals surface area contributed by atoms with Crippen molar-refractivity contribution in [3.05, 3.63) is 29.8 Å². The van der Waals surface area contributed by atoms with E-state index >= 15 is 0 Å². The molecule has 0 saturated heterocycles. The molecule has 0 spiro atoms. The van der Waals surface area contributed by atoms with E-state index in [-0.39, 0.29) is 18.1 Å². The number of amides is 2. The molecule has 2 N–H and O–H groups in total. The highest BCUT2D eigenvalue weighted by Crippen LogP contribution is 2.20. The van der Waals surface area contributed by atoms with Crippen LogP contribution in [-0.4, -0.2) is 18.7 Å². The Kier molecular flexibility index (Phi) is 6.91. The van der Waals surface area contributed by atoms with Crippen molar-refractivity contribution < 1.29 is 9.53 Å². The third kappa shape index (κ3) is 5.11. The van der Waals surface area contributed by atoms with Crippen molar-refractivity contribution in [1.82, 2.24) is 10.6 Å². The molecule has 0 saturated carbocycles. The molecule has 4 heteroatoms. The summed E-state index contributed by atoms with van der Waals surface area (Å²) in [4.78, 5) is 11.9. The van der Waals surface area contributed by atoms with Crippen LogP contribution >= 0.6 is 0 Å². The minimum absolute atomic E-state index is 0.0229. The normalized spacial score (nSPS) is 13.4. The SMILES string of the molecule is CCOc1ccc([C@@H](CC)NC(=O)N[C@@H](C)CC)cc1. The lowest BCUT2D eigenvalue weighted by Gasteiger charge is -2.20. The molecule has 0 heterocycles. The number of benzene rings is 1. The molecule has 0 bridgehead atoms. The van der Waals surface area contributed by atoms with Gasteiger partial charge in [-0.1, -0.05) is 26.0 Å². The Morgan fingerprint density at radius 1 is 1.10 bits per heavy atom. The van der Waals surface area contributed by atoms with Gasteiger partial charge in [0.1, 0.15) is 5.75 Å². The summed E-state index contributed by atoms with van der Waals surface area (Å²) >= 11 is 0. The number of rotatable bonds is 7. The second-order valence-electron chi connectivity index (χ2n) is 4.89. The topological polar surface area (TPSA) is 50.4 Å². The zero-order chi connectivity index (χ0) is 15.0. The van der Waals surface area contributed by atoms with Crippen molar-refractivity contribution in [3.63, 3.8) is 0 Å². The molecule has 1 rings (SSSR count). The van der Waals surface area contributed by atoms with E-state index in [1.807, 2.05) is 38.1 Å². The zero-order valence-corrected chi connectivity index (χ0v) is 12.9. The molecule has 20 heavy (non-hydrogen) atoms. The maximum absolute atomic E-state index is 11.9. The fourth-order valence-electron chi connectivity index (χ4n) is 1.91. The lowest BCUT2D eigenvalue weighted by atomic mass is 10.0. The van der Waals surface area contributed by atoms with Crippen LogP contribution in [0.15, 0.2) is 24.3 Å². The van der Waals surface area contributed by atoms with Crippen LogP contribution < -0.4 is 15.4 Å². The average Bonchev–Trinajstić information content (AvgIpc) is 2.46. The largest absolute Gasteiger partial charge is 0.494 e. The summed E-state index contributed by atoms with van der Waals surface area (Å²) in [5.41, 5.74) is 1.09. The summed E-state index contributed by atoms with van der Waals surface area (Å²) in [7, 11) is 0. The standard InChI is InChI=1S/C16H26N2O2/c1-5-12(4)17-16(19)18-15(6-2)13-8-10-14(11-9-13)20-7-3/h8-12,15H,5-7H2,1-4H3,(H2,17,18,19)/t12-,15+/m0/s1. The number of hydrogen-bond donors (Lipinski definition) is 2. The van der Waals surface area contributed by atoms with E-state index in [2.05, 4.69) is 24.5 Å². The minimum Gasteiger partial charge on any atom is -0.494 e. The third-order valence-corrected chi connectivity index (χ3v) is 3.30. The molecule has 0 fully saturated rings. The van der Waals surface area contributed by atoms with E-state index < -0.39 is 0 Å². The van der Waals surface area contributed by atoms with Crippen LogP contribution in [0.3, 0.4) is 0 Å². The highest BCUT2D eigenvalue weighted by molar-refractivity contribution is 5.74. The van der Waals surface area contributed by atoms with Crippen molar-refractivity contribution in [1.29, 1.82) is 0 Å². The van der Waals surface area contributed by atoms with Crippen LogP contribution in [0.25, 0.3) is 0 Å². The van der Waals surface area contributed by atoms with Gasteiger partial charge in [-0.2, -0.15) is 0 Å². The van der Waals surface area contributed by atoms with Gasteiger partial charge in [-0.15, -0.1) is 0 Å². The third-order valence-electron chi connectivity index (χ3n) is 3.30. The van der Waals surface area contributed by atoms with Gasteiger partial charge in [-0.05, 0) is 44.4 Å². The molecular formula is C16H26N2O2. The second-order valence-corrected chi connectivity index (χ2v) is 4.89. The van der Waals surface area contributed by atoms with E-state index in [1.165, 1.54) is 0 Å². The average molecular weight is 278 g/mol. The highest BCUT2D eigenvalue weighted by Gasteiger charge is 2.13. The Balaban J connectivity index is 2.63. The molecule has 0 aliphatic heterocycles. The number of hydrogen-bond acceptors (Lipinski definition) is 2. The van der Waals surface area contributed by atoms with E-state index in [0.29, 0.717) is 6.61 Å². The summed E-state index contributed by atoms with van der Waals surface area (Å²) in [6, 6.07) is 7.99. The maximum atomic E-state index is 11.9. The van der Waals surface area contributed by atoms with Gasteiger partial charge in [0.15, 0.2) is 0 Å². The molecular weight excluding hydrogens is 252 g/mol. The first-order chi connectivity index (χ1) is 9.60. The number of urea groups is 1. The van der Waals surface area contributed by atoms with E-state index in [0.717, 1.165) is 24.2 Å². The first kappa shape index (κ1) is 16.3. The van der Waals surface area contributed by atoms with Gasteiger partial charge in [0.25, 0.3) is 0 Å². The lowest BCUT2D eigenvalue weighted by molar-refractivity contribution is 0.233. The van der Waals surface area contributed by atoms with Gasteiger partial charge in [0, 0.05) is 6.04 Å². The predicted octanol–water partition coefficient (Wildman–Crippen LogP) is 3.63. The summed E-state index contributed by atoms with van der Waals surface area (Å²) < 4.78 is 5.42. The molecule has 2 atom stereocenters. The highest BCUT2D eigenvalue weighted by atomic mass is 16.5. The van der Waals surface area contributed by atoms with Gasteiger partial charge in [-0.25, -0.2) is 4.79 Å². The molecule has 0 radical (unpaired) electrons. The fourth-order valence-corrected chi connectivity index (χ4v) is 1.91. The lowest BCUT2D eigenvalue weighted by Crippen LogP contribution is -2.42. The monoisotopic (exact) mass is 278 g/mol. The van der Waals surface area contributed by atoms with Crippen LogP contribution in [0, 0.1) is 0 Å². The minimum atomic E-state index is -0.111. The van der Waals surface area contributed by atoms with Crippen molar-refractivity contribution >= 4 is 6.03 Å². The molecule has 0 unspecified atom stereocenters. The molecule has 2 amide bonds. The first-order valence-electron chi connectivity index (χ1n) is 7.40. The second kappa shape index (κ2) is 8.46. The number of ether oxygens (including phenoxy) is 1. The van der Waals surface area contributed by atoms with Crippen molar-refractivity contribution in [2.75, 3.05) is 6.61 Å².